The molecule has 0 unspecified atom stereocenters. The molecular formula is C14H14ClNS. The quantitative estimate of drug-likeness (QED) is 0.750. The average molecular weight is 264 g/mol. The molecule has 0 aliphatic heterocycles. The van der Waals surface area contributed by atoms with Crippen LogP contribution in [0, 0.1) is 0 Å². The number of halogens is 1. The zero-order chi connectivity index (χ0) is 11.9. The van der Waals surface area contributed by atoms with Gasteiger partial charge in [0.25, 0.3) is 0 Å². The number of hydrogen-bond acceptors (Lipinski definition) is 2. The van der Waals surface area contributed by atoms with E-state index < -0.39 is 0 Å². The van der Waals surface area contributed by atoms with Crippen LogP contribution < -0.4 is 0 Å². The van der Waals surface area contributed by atoms with Crippen LogP contribution >= 0.6 is 23.4 Å². The van der Waals surface area contributed by atoms with E-state index in [1.165, 1.54) is 5.56 Å². The van der Waals surface area contributed by atoms with Crippen LogP contribution in [-0.2, 0) is 12.2 Å². The summed E-state index contributed by atoms with van der Waals surface area (Å²) in [5.41, 5.74) is 2.48. The third-order valence-corrected chi connectivity index (χ3v) is 3.69. The van der Waals surface area contributed by atoms with E-state index in [2.05, 4.69) is 23.2 Å². The summed E-state index contributed by atoms with van der Waals surface area (Å²) in [6.07, 6.45) is 2.87. The lowest BCUT2D eigenvalue weighted by Gasteiger charge is -2.02. The lowest BCUT2D eigenvalue weighted by molar-refractivity contribution is 1.05. The van der Waals surface area contributed by atoms with Gasteiger partial charge in [-0.2, -0.15) is 11.8 Å². The molecule has 2 rings (SSSR count). The van der Waals surface area contributed by atoms with E-state index in [1.807, 2.05) is 42.2 Å². The number of hydrogen-bond donors (Lipinski definition) is 0. The van der Waals surface area contributed by atoms with Crippen LogP contribution in [-0.4, -0.2) is 10.7 Å². The summed E-state index contributed by atoms with van der Waals surface area (Å²) in [5, 5.41) is 0.798. The molecule has 0 bridgehead atoms. The van der Waals surface area contributed by atoms with E-state index in [9.17, 15) is 0 Å². The Morgan fingerprint density at radius 3 is 2.59 bits per heavy atom. The molecule has 0 amide bonds. The molecule has 0 aliphatic rings. The van der Waals surface area contributed by atoms with E-state index in [4.69, 9.17) is 11.6 Å². The Hall–Kier alpha value is -0.990. The molecule has 0 saturated heterocycles. The predicted molar refractivity (Wildman–Crippen MR) is 75.6 cm³/mol. The van der Waals surface area contributed by atoms with Gasteiger partial charge in [0.05, 0.1) is 0 Å². The smallest absolute Gasteiger partial charge is 0.0411 e. The standard InChI is InChI=1S/C14H14ClNS/c15-13-6-4-12(5-7-13)11-17-10-8-14-3-1-2-9-16-14/h1-7,9H,8,10-11H2. The highest BCUT2D eigenvalue weighted by molar-refractivity contribution is 7.98. The molecule has 88 valence electrons. The summed E-state index contributed by atoms with van der Waals surface area (Å²) in [7, 11) is 0. The number of benzene rings is 1. The van der Waals surface area contributed by atoms with Crippen molar-refractivity contribution in [3.8, 4) is 0 Å². The molecule has 0 radical (unpaired) electrons. The third-order valence-electron chi connectivity index (χ3n) is 2.41. The molecule has 1 aromatic heterocycles. The Morgan fingerprint density at radius 1 is 1.06 bits per heavy atom. The summed E-state index contributed by atoms with van der Waals surface area (Å²) in [6.45, 7) is 0. The zero-order valence-electron chi connectivity index (χ0n) is 9.47. The minimum Gasteiger partial charge on any atom is -0.261 e. The summed E-state index contributed by atoms with van der Waals surface area (Å²) < 4.78 is 0. The Bertz CT molecular complexity index is 442. The van der Waals surface area contributed by atoms with Crippen molar-refractivity contribution in [2.24, 2.45) is 0 Å². The minimum absolute atomic E-state index is 0.798. The Morgan fingerprint density at radius 2 is 1.88 bits per heavy atom. The van der Waals surface area contributed by atoms with Crippen molar-refractivity contribution in [1.82, 2.24) is 4.98 Å². The van der Waals surface area contributed by atoms with E-state index in [1.54, 1.807) is 0 Å². The van der Waals surface area contributed by atoms with Gasteiger partial charge < -0.3 is 0 Å². The summed E-state index contributed by atoms with van der Waals surface area (Å²) in [5.74, 6) is 2.13. The third kappa shape index (κ3) is 4.41. The van der Waals surface area contributed by atoms with Gasteiger partial charge in [0.1, 0.15) is 0 Å². The van der Waals surface area contributed by atoms with Gasteiger partial charge in [0.2, 0.25) is 0 Å². The molecule has 0 aliphatic carbocycles. The molecule has 1 aromatic carbocycles. The minimum atomic E-state index is 0.798. The first-order valence-corrected chi connectivity index (χ1v) is 7.10. The highest BCUT2D eigenvalue weighted by atomic mass is 35.5. The lowest BCUT2D eigenvalue weighted by atomic mass is 10.2. The van der Waals surface area contributed by atoms with Crippen LogP contribution in [0.5, 0.6) is 0 Å². The van der Waals surface area contributed by atoms with Crippen LogP contribution in [0.3, 0.4) is 0 Å². The lowest BCUT2D eigenvalue weighted by Crippen LogP contribution is -1.92. The molecule has 0 atom stereocenters. The zero-order valence-corrected chi connectivity index (χ0v) is 11.0. The van der Waals surface area contributed by atoms with Crippen molar-refractivity contribution in [3.63, 3.8) is 0 Å². The Labute approximate surface area is 111 Å². The first-order valence-electron chi connectivity index (χ1n) is 5.57. The average Bonchev–Trinajstić information content (AvgIpc) is 2.38. The molecule has 3 heteroatoms. The highest BCUT2D eigenvalue weighted by Gasteiger charge is 1.96. The fraction of sp³-hybridized carbons (Fsp3) is 0.214. The van der Waals surface area contributed by atoms with Crippen molar-refractivity contribution >= 4 is 23.4 Å². The number of pyridine rings is 1. The van der Waals surface area contributed by atoms with Gasteiger partial charge in [-0.05, 0) is 42.0 Å². The Balaban J connectivity index is 1.71. The fourth-order valence-electron chi connectivity index (χ4n) is 1.49. The van der Waals surface area contributed by atoms with Gasteiger partial charge in [-0.25, -0.2) is 0 Å². The maximum atomic E-state index is 5.84. The van der Waals surface area contributed by atoms with Crippen LogP contribution in [0.4, 0.5) is 0 Å². The van der Waals surface area contributed by atoms with Crippen molar-refractivity contribution in [1.29, 1.82) is 0 Å². The summed E-state index contributed by atoms with van der Waals surface area (Å²) in [6, 6.07) is 14.1. The van der Waals surface area contributed by atoms with E-state index in [0.717, 1.165) is 28.6 Å². The molecule has 0 N–H and O–H groups in total. The van der Waals surface area contributed by atoms with Crippen molar-refractivity contribution < 1.29 is 0 Å². The van der Waals surface area contributed by atoms with Gasteiger partial charge in [-0.3, -0.25) is 4.98 Å². The first-order chi connectivity index (χ1) is 8.34. The second-order valence-electron chi connectivity index (χ2n) is 3.75. The SMILES string of the molecule is Clc1ccc(CSCCc2ccccn2)cc1. The monoisotopic (exact) mass is 263 g/mol. The Kier molecular flexibility index (Phi) is 4.89. The summed E-state index contributed by atoms with van der Waals surface area (Å²) >= 11 is 7.76. The number of thioether (sulfide) groups is 1. The molecule has 0 saturated carbocycles. The van der Waals surface area contributed by atoms with Crippen LogP contribution in [0.2, 0.25) is 5.02 Å². The second kappa shape index (κ2) is 6.67. The molecule has 0 fully saturated rings. The van der Waals surface area contributed by atoms with Gasteiger partial charge in [-0.15, -0.1) is 0 Å². The number of aromatic nitrogens is 1. The maximum Gasteiger partial charge on any atom is 0.0411 e. The molecule has 2 aromatic rings. The van der Waals surface area contributed by atoms with E-state index >= 15 is 0 Å². The highest BCUT2D eigenvalue weighted by Crippen LogP contribution is 2.16. The van der Waals surface area contributed by atoms with E-state index in [-0.39, 0.29) is 0 Å². The molecule has 1 heterocycles. The second-order valence-corrected chi connectivity index (χ2v) is 5.29. The van der Waals surface area contributed by atoms with Crippen molar-refractivity contribution in [2.75, 3.05) is 5.75 Å². The maximum absolute atomic E-state index is 5.84. The number of rotatable bonds is 5. The largest absolute Gasteiger partial charge is 0.261 e. The first kappa shape index (κ1) is 12.5. The molecular weight excluding hydrogens is 250 g/mol. The van der Waals surface area contributed by atoms with Gasteiger partial charge >= 0.3 is 0 Å². The normalized spacial score (nSPS) is 10.4. The van der Waals surface area contributed by atoms with Gasteiger partial charge in [-0.1, -0.05) is 29.8 Å². The van der Waals surface area contributed by atoms with Crippen molar-refractivity contribution in [3.05, 3.63) is 64.9 Å². The van der Waals surface area contributed by atoms with Crippen LogP contribution in [0.15, 0.2) is 48.7 Å². The predicted octanol–water partition coefficient (Wildman–Crippen LogP) is 4.21. The number of aryl methyl sites for hydroxylation is 1. The number of nitrogens with zero attached hydrogens (tertiary/aromatic N) is 1. The van der Waals surface area contributed by atoms with Crippen LogP contribution in [0.25, 0.3) is 0 Å². The molecule has 1 nitrogen and oxygen atoms in total. The molecule has 0 spiro atoms. The van der Waals surface area contributed by atoms with Crippen molar-refractivity contribution in [2.45, 2.75) is 12.2 Å². The van der Waals surface area contributed by atoms with Gasteiger partial charge in [0, 0.05) is 22.7 Å². The topological polar surface area (TPSA) is 12.9 Å². The van der Waals surface area contributed by atoms with Gasteiger partial charge in [0.15, 0.2) is 0 Å². The fourth-order valence-corrected chi connectivity index (χ4v) is 2.55. The van der Waals surface area contributed by atoms with Crippen LogP contribution in [0.1, 0.15) is 11.3 Å². The van der Waals surface area contributed by atoms with E-state index in [0.29, 0.717) is 0 Å². The molecule has 17 heavy (non-hydrogen) atoms. The summed E-state index contributed by atoms with van der Waals surface area (Å²) in [4.78, 5) is 4.30.